The van der Waals surface area contributed by atoms with E-state index in [9.17, 15) is 0 Å². The Morgan fingerprint density at radius 3 is 0.279 bits per heavy atom. The summed E-state index contributed by atoms with van der Waals surface area (Å²) in [6, 6.07) is 7.14. The molecule has 0 aromatic heterocycles. The molecular formula is C64H142O24Si16. The van der Waals surface area contributed by atoms with Crippen LogP contribution in [-0.4, -0.2) is 141 Å². The first-order chi connectivity index (χ1) is 48.0. The minimum atomic E-state index is -4.17. The summed E-state index contributed by atoms with van der Waals surface area (Å²) in [5.41, 5.74) is 0. The van der Waals surface area contributed by atoms with E-state index in [4.69, 9.17) is 98.8 Å². The number of rotatable bonds is 37. The van der Waals surface area contributed by atoms with Gasteiger partial charge in [-0.25, -0.2) is 0 Å². The molecule has 0 aromatic carbocycles. The number of hydrogen-bond acceptors (Lipinski definition) is 24. The molecule has 0 saturated carbocycles. The van der Waals surface area contributed by atoms with Crippen molar-refractivity contribution in [3.8, 4) is 0 Å². The van der Waals surface area contributed by atoms with E-state index in [2.05, 4.69) is 194 Å². The van der Waals surface area contributed by atoms with Gasteiger partial charge in [-0.3, -0.25) is 0 Å². The van der Waals surface area contributed by atoms with E-state index in [1.165, 1.54) is 0 Å². The Balaban J connectivity index is 1.03. The predicted octanol–water partition coefficient (Wildman–Crippen LogP) is 18.1. The van der Waals surface area contributed by atoms with Gasteiger partial charge in [0, 0.05) is 96.7 Å². The monoisotopic (exact) mass is 1740 g/mol. The van der Waals surface area contributed by atoms with E-state index in [1.807, 2.05) is 0 Å². The van der Waals surface area contributed by atoms with Gasteiger partial charge in [0.2, 0.25) is 0 Å². The second kappa shape index (κ2) is 33.1. The first kappa shape index (κ1) is 88.9. The maximum atomic E-state index is 8.17. The van der Waals surface area contributed by atoms with Gasteiger partial charge in [0.25, 0.3) is 0 Å². The van der Waals surface area contributed by atoms with Crippen LogP contribution in [0.3, 0.4) is 0 Å². The Kier molecular flexibility index (Phi) is 28.3. The van der Waals surface area contributed by atoms with Crippen LogP contribution in [-0.2, 0) is 98.8 Å². The van der Waals surface area contributed by atoms with Crippen molar-refractivity contribution in [2.45, 2.75) is 329 Å². The molecule has 606 valence electrons. The van der Waals surface area contributed by atoms with Gasteiger partial charge in [-0.1, -0.05) is 220 Å². The summed E-state index contributed by atoms with van der Waals surface area (Å²) in [6.45, 7) is 61.4. The Hall–Kier alpha value is 2.51. The maximum absolute atomic E-state index is 8.17. The molecule has 24 nitrogen and oxygen atoms in total. The molecule has 16 bridgehead atoms. The quantitative estimate of drug-likeness (QED) is 0.0417. The van der Waals surface area contributed by atoms with Crippen molar-refractivity contribution in [2.75, 3.05) is 0 Å². The fourth-order valence-corrected chi connectivity index (χ4v) is 120. The highest BCUT2D eigenvalue weighted by Crippen LogP contribution is 2.60. The smallest absolute Gasteiger partial charge is 0.373 e. The Bertz CT molecular complexity index is 2370. The van der Waals surface area contributed by atoms with Crippen LogP contribution in [0.5, 0.6) is 0 Å². The lowest BCUT2D eigenvalue weighted by Gasteiger charge is -2.64. The van der Waals surface area contributed by atoms with Crippen molar-refractivity contribution in [2.24, 2.45) is 82.9 Å². The molecule has 0 spiro atoms. The van der Waals surface area contributed by atoms with Crippen molar-refractivity contribution in [3.05, 3.63) is 0 Å². The summed E-state index contributed by atoms with van der Waals surface area (Å²) in [5.74, 6) is 0.951. The molecule has 0 N–H and O–H groups in total. The van der Waals surface area contributed by atoms with Gasteiger partial charge in [-0.05, 0) is 95.7 Å². The first-order valence-corrected chi connectivity index (χ1v) is 71.7. The third-order valence-corrected chi connectivity index (χ3v) is 99.0. The zero-order valence-corrected chi connectivity index (χ0v) is 85.4. The van der Waals surface area contributed by atoms with E-state index in [-0.39, 0.29) is 82.9 Å². The molecule has 0 amide bonds. The van der Waals surface area contributed by atoms with Crippen molar-refractivity contribution in [1.82, 2.24) is 0 Å². The van der Waals surface area contributed by atoms with Gasteiger partial charge < -0.3 is 98.8 Å². The third kappa shape index (κ3) is 21.3. The van der Waals surface area contributed by atoms with E-state index >= 15 is 0 Å². The van der Waals surface area contributed by atoms with E-state index in [1.54, 1.807) is 0 Å². The van der Waals surface area contributed by atoms with Crippen molar-refractivity contribution < 1.29 is 98.8 Å². The minimum absolute atomic E-state index is 0.0567. The molecule has 12 fully saturated rings. The Morgan fingerprint density at radius 2 is 0.192 bits per heavy atom. The molecule has 40 heteroatoms. The van der Waals surface area contributed by atoms with Gasteiger partial charge in [0.1, 0.15) is 0 Å². The van der Waals surface area contributed by atoms with Crippen molar-refractivity contribution in [1.29, 1.82) is 0 Å². The standard InChI is InChI=1S/C64H142O24Si16/c1-51(2)37-91-65-89(66-92(38-52(3)4)73-97(71-91,43-57(13)14)83-103(49-63(25)26)84-98(72-91,44-58(15)16)74-93(67-89,39-53(5)6)76-99(75-92,85-103)45-59(17)18)35-33-31-29-30-32-34-36-90-68-94(40-54(7)8)77-100(46-60(19)20)79-95(69-90,41-55(9)10)81-102(48-62(23)24)82-96(70-90,42-56(11)12)80-101(78-94,47-61(21)22)87-104(86-100,88-102)50-64(27)28/h51-64H,29-50H2,1-28H3. The van der Waals surface area contributed by atoms with Crippen LogP contribution >= 0.6 is 0 Å². The van der Waals surface area contributed by atoms with E-state index in [0.717, 1.165) is 25.7 Å². The lowest BCUT2D eigenvalue weighted by molar-refractivity contribution is -0.0397. The van der Waals surface area contributed by atoms with Crippen LogP contribution in [0.4, 0.5) is 0 Å². The molecule has 12 aliphatic heterocycles. The summed E-state index contributed by atoms with van der Waals surface area (Å²) in [7, 11) is -65.3. The molecule has 12 rings (SSSR count). The summed E-state index contributed by atoms with van der Waals surface area (Å²) in [4.78, 5) is 0. The molecule has 12 heterocycles. The molecule has 12 aliphatic rings. The van der Waals surface area contributed by atoms with Gasteiger partial charge in [-0.15, -0.1) is 0 Å². The minimum Gasteiger partial charge on any atom is -0.373 e. The van der Waals surface area contributed by atoms with Crippen LogP contribution < -0.4 is 0 Å². The van der Waals surface area contributed by atoms with Crippen LogP contribution in [0.25, 0.3) is 0 Å². The SMILES string of the molecule is CC(C)C[Si]12O[Si]3(CCCCCCCC[Si]45O[Si]6(CC(C)C)O[Si]7(CC(C)C)O[Si](CC(C)C)(O4)O[Si]4(CC(C)C)O[Si](CC(C)C)(O5)O[Si](CC(C)C)(O6)O[Si](CC(C)C)(O7)O4)O[Si]4(CC(C)C)O[Si](CC(C)C)(O1)O[Si]1(CC(C)C)O[Si](CC(C)C)(O2)O[Si](CC(C)C)(O3)O[Si](CC(C)C)(O4)O1. The van der Waals surface area contributed by atoms with Crippen molar-refractivity contribution >= 4 is 141 Å². The summed E-state index contributed by atoms with van der Waals surface area (Å²) < 4.78 is 194. The third-order valence-electron chi connectivity index (χ3n) is 18.9. The largest absolute Gasteiger partial charge is 0.479 e. The first-order valence-electron chi connectivity index (χ1n) is 40.8. The molecule has 12 saturated heterocycles. The normalized spacial score (nSPS) is 42.1. The topological polar surface area (TPSA) is 222 Å². The van der Waals surface area contributed by atoms with Gasteiger partial charge >= 0.3 is 141 Å². The lowest BCUT2D eigenvalue weighted by Crippen LogP contribution is -2.88. The average molecular weight is 1750 g/mol. The fraction of sp³-hybridized carbons (Fsp3) is 1.00. The van der Waals surface area contributed by atoms with Gasteiger partial charge in [0.05, 0.1) is 0 Å². The molecule has 0 aromatic rings. The highest BCUT2D eigenvalue weighted by Gasteiger charge is 2.86. The zero-order valence-electron chi connectivity index (χ0n) is 69.4. The van der Waals surface area contributed by atoms with Crippen LogP contribution in [0.2, 0.25) is 96.7 Å². The second-order valence-corrected chi connectivity index (χ2v) is 86.5. The summed E-state index contributed by atoms with van der Waals surface area (Å²) >= 11 is 0. The highest BCUT2D eigenvalue weighted by molar-refractivity contribution is 7.05. The van der Waals surface area contributed by atoms with Gasteiger partial charge in [0.15, 0.2) is 0 Å². The summed E-state index contributed by atoms with van der Waals surface area (Å²) in [5, 5.41) is 0. The van der Waals surface area contributed by atoms with Gasteiger partial charge in [-0.2, -0.15) is 0 Å². The molecule has 0 aliphatic carbocycles. The van der Waals surface area contributed by atoms with E-state index in [0.29, 0.717) is 110 Å². The second-order valence-electron chi connectivity index (χ2n) is 38.4. The maximum Gasteiger partial charge on any atom is 0.479 e. The average Bonchev–Trinajstić information content (AvgIpc) is 0.691. The molecule has 0 radical (unpaired) electrons. The van der Waals surface area contributed by atoms with Crippen LogP contribution in [0.15, 0.2) is 0 Å². The fourth-order valence-electron chi connectivity index (χ4n) is 17.1. The Labute approximate surface area is 646 Å². The van der Waals surface area contributed by atoms with Crippen LogP contribution in [0.1, 0.15) is 232 Å². The summed E-state index contributed by atoms with van der Waals surface area (Å²) in [6.07, 6.45) is 4.85. The lowest BCUT2D eigenvalue weighted by atomic mass is 10.1. The highest BCUT2D eigenvalue weighted by atomic mass is 28.6. The molecular weight excluding hydrogens is 1600 g/mol. The Morgan fingerprint density at radius 1 is 0.115 bits per heavy atom. The van der Waals surface area contributed by atoms with Crippen LogP contribution in [0, 0.1) is 82.9 Å². The van der Waals surface area contributed by atoms with E-state index < -0.39 is 141 Å². The molecule has 0 unspecified atom stereocenters. The zero-order chi connectivity index (χ0) is 76.6. The molecule has 104 heavy (non-hydrogen) atoms. The predicted molar refractivity (Wildman–Crippen MR) is 430 cm³/mol. The number of hydrogen-bond donors (Lipinski definition) is 0. The van der Waals surface area contributed by atoms with Crippen molar-refractivity contribution in [3.63, 3.8) is 0 Å². The number of unbranched alkanes of at least 4 members (excludes halogenated alkanes) is 5. The molecule has 0 atom stereocenters.